The van der Waals surface area contributed by atoms with E-state index in [1.807, 2.05) is 0 Å². The number of anilines is 1. The molecule has 1 aliphatic heterocycles. The second-order valence-corrected chi connectivity index (χ2v) is 5.37. The quantitative estimate of drug-likeness (QED) is 0.910. The molecular formula is C15H23FN2O. The van der Waals surface area contributed by atoms with E-state index in [1.54, 1.807) is 13.0 Å². The minimum atomic E-state index is -0.648. The van der Waals surface area contributed by atoms with Gasteiger partial charge in [-0.15, -0.1) is 0 Å². The van der Waals surface area contributed by atoms with Gasteiger partial charge in [0.25, 0.3) is 0 Å². The van der Waals surface area contributed by atoms with Crippen LogP contribution in [0.15, 0.2) is 18.2 Å². The van der Waals surface area contributed by atoms with E-state index in [4.69, 9.17) is 0 Å². The van der Waals surface area contributed by atoms with E-state index in [1.165, 1.54) is 12.1 Å². The first kappa shape index (κ1) is 14.3. The van der Waals surface area contributed by atoms with Gasteiger partial charge in [-0.05, 0) is 38.6 Å². The first-order chi connectivity index (χ1) is 9.02. The van der Waals surface area contributed by atoms with Gasteiger partial charge in [-0.3, -0.25) is 4.90 Å². The number of aliphatic hydroxyl groups is 1. The third kappa shape index (κ3) is 3.07. The molecule has 1 fully saturated rings. The number of halogens is 1. The van der Waals surface area contributed by atoms with Crippen LogP contribution in [0.3, 0.4) is 0 Å². The average Bonchev–Trinajstić information content (AvgIpc) is 2.39. The number of nitrogens with zero attached hydrogens (tertiary/aromatic N) is 2. The minimum absolute atomic E-state index is 0.291. The van der Waals surface area contributed by atoms with Crippen molar-refractivity contribution >= 4 is 5.69 Å². The van der Waals surface area contributed by atoms with E-state index in [0.717, 1.165) is 31.7 Å². The molecule has 0 aliphatic carbocycles. The maximum Gasteiger partial charge on any atom is 0.123 e. The zero-order chi connectivity index (χ0) is 14.0. The summed E-state index contributed by atoms with van der Waals surface area (Å²) < 4.78 is 13.3. The Balaban J connectivity index is 2.26. The molecule has 1 heterocycles. The Kier molecular flexibility index (Phi) is 4.42. The van der Waals surface area contributed by atoms with Crippen LogP contribution in [0.25, 0.3) is 0 Å². The molecule has 106 valence electrons. The Bertz CT molecular complexity index is 436. The van der Waals surface area contributed by atoms with Gasteiger partial charge in [0.05, 0.1) is 6.10 Å². The van der Waals surface area contributed by atoms with Crippen molar-refractivity contribution in [2.45, 2.75) is 32.4 Å². The van der Waals surface area contributed by atoms with Gasteiger partial charge in [-0.1, -0.05) is 6.92 Å². The SMILES string of the molecule is CCC1CN(c2ccc(F)cc2[C@H](C)O)CCN1C. The fourth-order valence-electron chi connectivity index (χ4n) is 2.75. The van der Waals surface area contributed by atoms with Crippen LogP contribution < -0.4 is 4.90 Å². The highest BCUT2D eigenvalue weighted by Crippen LogP contribution is 2.29. The van der Waals surface area contributed by atoms with Gasteiger partial charge in [-0.2, -0.15) is 0 Å². The number of piperazine rings is 1. The molecule has 0 saturated carbocycles. The van der Waals surface area contributed by atoms with Crippen LogP contribution in [0.4, 0.5) is 10.1 Å². The fraction of sp³-hybridized carbons (Fsp3) is 0.600. The second kappa shape index (κ2) is 5.88. The van der Waals surface area contributed by atoms with E-state index in [-0.39, 0.29) is 5.82 Å². The molecule has 2 atom stereocenters. The number of hydrogen-bond acceptors (Lipinski definition) is 3. The summed E-state index contributed by atoms with van der Waals surface area (Å²) in [5, 5.41) is 9.83. The zero-order valence-corrected chi connectivity index (χ0v) is 11.9. The second-order valence-electron chi connectivity index (χ2n) is 5.37. The van der Waals surface area contributed by atoms with Crippen LogP contribution >= 0.6 is 0 Å². The Morgan fingerprint density at radius 1 is 1.42 bits per heavy atom. The van der Waals surface area contributed by atoms with Gasteiger partial charge in [0, 0.05) is 36.9 Å². The molecule has 3 nitrogen and oxygen atoms in total. The number of rotatable bonds is 3. The van der Waals surface area contributed by atoms with E-state index >= 15 is 0 Å². The molecule has 0 bridgehead atoms. The van der Waals surface area contributed by atoms with E-state index < -0.39 is 6.10 Å². The van der Waals surface area contributed by atoms with Crippen LogP contribution in [0.2, 0.25) is 0 Å². The first-order valence-corrected chi connectivity index (χ1v) is 6.95. The Hall–Kier alpha value is -1.13. The molecule has 1 aromatic carbocycles. The molecule has 4 heteroatoms. The van der Waals surface area contributed by atoms with Crippen molar-refractivity contribution in [3.63, 3.8) is 0 Å². The molecule has 19 heavy (non-hydrogen) atoms. The van der Waals surface area contributed by atoms with Crippen LogP contribution in [0, 0.1) is 5.82 Å². The smallest absolute Gasteiger partial charge is 0.123 e. The summed E-state index contributed by atoms with van der Waals surface area (Å²) in [6.07, 6.45) is 0.448. The molecule has 0 amide bonds. The van der Waals surface area contributed by atoms with Crippen LogP contribution in [-0.2, 0) is 0 Å². The molecule has 1 aliphatic rings. The first-order valence-electron chi connectivity index (χ1n) is 6.95. The lowest BCUT2D eigenvalue weighted by Gasteiger charge is -2.41. The van der Waals surface area contributed by atoms with Crippen LogP contribution in [0.5, 0.6) is 0 Å². The predicted octanol–water partition coefficient (Wildman–Crippen LogP) is 2.41. The number of benzene rings is 1. The topological polar surface area (TPSA) is 26.7 Å². The lowest BCUT2D eigenvalue weighted by Crippen LogP contribution is -2.51. The summed E-state index contributed by atoms with van der Waals surface area (Å²) in [4.78, 5) is 4.62. The summed E-state index contributed by atoms with van der Waals surface area (Å²) in [6.45, 7) is 6.71. The van der Waals surface area contributed by atoms with Crippen molar-refractivity contribution in [2.75, 3.05) is 31.6 Å². The molecular weight excluding hydrogens is 243 g/mol. The van der Waals surface area contributed by atoms with Crippen molar-refractivity contribution < 1.29 is 9.50 Å². The van der Waals surface area contributed by atoms with Crippen LogP contribution in [-0.4, -0.2) is 42.7 Å². The summed E-state index contributed by atoms with van der Waals surface area (Å²) in [5.41, 5.74) is 1.64. The highest BCUT2D eigenvalue weighted by Gasteiger charge is 2.25. The largest absolute Gasteiger partial charge is 0.389 e. The van der Waals surface area contributed by atoms with Crippen molar-refractivity contribution in [3.8, 4) is 0 Å². The number of aliphatic hydroxyl groups excluding tert-OH is 1. The maximum atomic E-state index is 13.3. The lowest BCUT2D eigenvalue weighted by atomic mass is 10.0. The third-order valence-electron chi connectivity index (χ3n) is 4.03. The van der Waals surface area contributed by atoms with Crippen LogP contribution in [0.1, 0.15) is 31.9 Å². The van der Waals surface area contributed by atoms with E-state index in [2.05, 4.69) is 23.8 Å². The monoisotopic (exact) mass is 266 g/mol. The molecule has 1 aromatic rings. The zero-order valence-electron chi connectivity index (χ0n) is 11.9. The molecule has 1 saturated heterocycles. The molecule has 1 unspecified atom stereocenters. The normalized spacial score (nSPS) is 22.6. The Labute approximate surface area is 114 Å². The summed E-state index contributed by atoms with van der Waals surface area (Å²) >= 11 is 0. The van der Waals surface area contributed by atoms with Crippen molar-refractivity contribution in [2.24, 2.45) is 0 Å². The van der Waals surface area contributed by atoms with Gasteiger partial charge in [0.1, 0.15) is 5.82 Å². The van der Waals surface area contributed by atoms with E-state index in [9.17, 15) is 9.50 Å². The average molecular weight is 266 g/mol. The van der Waals surface area contributed by atoms with Gasteiger partial charge < -0.3 is 10.0 Å². The maximum absolute atomic E-state index is 13.3. The number of hydrogen-bond donors (Lipinski definition) is 1. The van der Waals surface area contributed by atoms with E-state index in [0.29, 0.717) is 11.6 Å². The molecule has 0 aromatic heterocycles. The minimum Gasteiger partial charge on any atom is -0.389 e. The lowest BCUT2D eigenvalue weighted by molar-refractivity contribution is 0.195. The standard InChI is InChI=1S/C15H23FN2O/c1-4-13-10-18(8-7-17(13)3)15-6-5-12(16)9-14(15)11(2)19/h5-6,9,11,13,19H,4,7-8,10H2,1-3H3/t11-,13?/m0/s1. The van der Waals surface area contributed by atoms with Crippen molar-refractivity contribution in [3.05, 3.63) is 29.6 Å². The highest BCUT2D eigenvalue weighted by molar-refractivity contribution is 5.55. The highest BCUT2D eigenvalue weighted by atomic mass is 19.1. The molecule has 2 rings (SSSR count). The fourth-order valence-corrected chi connectivity index (χ4v) is 2.75. The Morgan fingerprint density at radius 3 is 2.79 bits per heavy atom. The number of likely N-dealkylation sites (N-methyl/N-ethyl adjacent to an activating group) is 1. The van der Waals surface area contributed by atoms with Gasteiger partial charge in [0.2, 0.25) is 0 Å². The molecule has 1 N–H and O–H groups in total. The van der Waals surface area contributed by atoms with Crippen molar-refractivity contribution in [1.82, 2.24) is 4.90 Å². The predicted molar refractivity (Wildman–Crippen MR) is 76.0 cm³/mol. The summed E-state index contributed by atoms with van der Waals surface area (Å²) in [7, 11) is 2.14. The summed E-state index contributed by atoms with van der Waals surface area (Å²) in [6, 6.07) is 5.22. The Morgan fingerprint density at radius 2 is 2.16 bits per heavy atom. The molecule has 0 spiro atoms. The van der Waals surface area contributed by atoms with Gasteiger partial charge in [-0.25, -0.2) is 4.39 Å². The summed E-state index contributed by atoms with van der Waals surface area (Å²) in [5.74, 6) is -0.291. The third-order valence-corrected chi connectivity index (χ3v) is 4.03. The van der Waals surface area contributed by atoms with Crippen molar-refractivity contribution in [1.29, 1.82) is 0 Å². The van der Waals surface area contributed by atoms with Gasteiger partial charge in [0.15, 0.2) is 0 Å². The van der Waals surface area contributed by atoms with Gasteiger partial charge >= 0.3 is 0 Å². The molecule has 0 radical (unpaired) electrons.